The van der Waals surface area contributed by atoms with Crippen molar-refractivity contribution in [2.45, 2.75) is 0 Å². The second-order valence-electron chi connectivity index (χ2n) is 15.7. The van der Waals surface area contributed by atoms with Gasteiger partial charge in [0, 0.05) is 38.9 Å². The molecule has 0 amide bonds. The number of aromatic nitrogens is 1. The van der Waals surface area contributed by atoms with Crippen molar-refractivity contribution >= 4 is 82.0 Å². The second-order valence-corrected chi connectivity index (χ2v) is 15.7. The molecule has 12 aromatic rings. The van der Waals surface area contributed by atoms with Crippen molar-refractivity contribution in [2.75, 3.05) is 4.90 Å². The summed E-state index contributed by atoms with van der Waals surface area (Å²) < 4.78 is 2.48. The van der Waals surface area contributed by atoms with Crippen LogP contribution in [-0.4, -0.2) is 4.57 Å². The van der Waals surface area contributed by atoms with Crippen LogP contribution in [0.25, 0.3) is 92.8 Å². The monoisotopic (exact) mass is 762 g/mol. The van der Waals surface area contributed by atoms with Crippen LogP contribution in [0, 0.1) is 0 Å². The third-order valence-electron chi connectivity index (χ3n) is 12.3. The Morgan fingerprint density at radius 1 is 0.300 bits per heavy atom. The molecule has 0 aliphatic rings. The van der Waals surface area contributed by atoms with Gasteiger partial charge in [-0.3, -0.25) is 0 Å². The molecule has 0 radical (unpaired) electrons. The molecule has 0 spiro atoms. The molecule has 0 N–H and O–H groups in total. The summed E-state index contributed by atoms with van der Waals surface area (Å²) in [4.78, 5) is 2.42. The SMILES string of the molecule is c1ccc(-c2ccc(N(c3ccc4ccccc4c3)c3ccc4c(c3)c3c(-c5cc6ccccc6c6ccccc56)cc5ccccc5c3n4-c3ccccc3)cc2)cc1. The van der Waals surface area contributed by atoms with Gasteiger partial charge < -0.3 is 9.47 Å². The van der Waals surface area contributed by atoms with Gasteiger partial charge in [-0.15, -0.1) is 0 Å². The van der Waals surface area contributed by atoms with Gasteiger partial charge in [0.1, 0.15) is 0 Å². The first-order chi connectivity index (χ1) is 29.8. The Morgan fingerprint density at radius 3 is 1.60 bits per heavy atom. The zero-order valence-corrected chi connectivity index (χ0v) is 32.8. The van der Waals surface area contributed by atoms with E-state index in [1.807, 2.05) is 0 Å². The van der Waals surface area contributed by atoms with E-state index in [4.69, 9.17) is 0 Å². The molecule has 1 aromatic heterocycles. The average Bonchev–Trinajstić information content (AvgIpc) is 3.67. The van der Waals surface area contributed by atoms with Crippen molar-refractivity contribution in [1.82, 2.24) is 4.57 Å². The number of fused-ring (bicyclic) bond motifs is 9. The number of benzene rings is 11. The Labute approximate surface area is 348 Å². The Kier molecular flexibility index (Phi) is 7.89. The molecule has 11 aromatic carbocycles. The summed E-state index contributed by atoms with van der Waals surface area (Å²) in [6.07, 6.45) is 0. The molecule has 280 valence electrons. The lowest BCUT2D eigenvalue weighted by atomic mass is 9.89. The number of hydrogen-bond donors (Lipinski definition) is 0. The van der Waals surface area contributed by atoms with Gasteiger partial charge in [-0.25, -0.2) is 0 Å². The van der Waals surface area contributed by atoms with Gasteiger partial charge in [-0.05, 0) is 127 Å². The lowest BCUT2D eigenvalue weighted by Crippen LogP contribution is -2.10. The van der Waals surface area contributed by atoms with Crippen molar-refractivity contribution in [3.63, 3.8) is 0 Å². The highest BCUT2D eigenvalue weighted by Crippen LogP contribution is 2.47. The minimum atomic E-state index is 1.10. The van der Waals surface area contributed by atoms with Crippen LogP contribution in [0.3, 0.4) is 0 Å². The van der Waals surface area contributed by atoms with Gasteiger partial charge >= 0.3 is 0 Å². The van der Waals surface area contributed by atoms with Crippen LogP contribution >= 0.6 is 0 Å². The molecule has 1 heterocycles. The molecular weight excluding hydrogens is 725 g/mol. The van der Waals surface area contributed by atoms with Crippen molar-refractivity contribution in [3.05, 3.63) is 231 Å². The van der Waals surface area contributed by atoms with Gasteiger partial charge in [-0.1, -0.05) is 164 Å². The summed E-state index contributed by atoms with van der Waals surface area (Å²) in [6, 6.07) is 84.4. The third-order valence-corrected chi connectivity index (χ3v) is 12.3. The third kappa shape index (κ3) is 5.50. The molecule has 60 heavy (non-hydrogen) atoms. The average molecular weight is 763 g/mol. The van der Waals surface area contributed by atoms with Crippen LogP contribution in [0.5, 0.6) is 0 Å². The maximum absolute atomic E-state index is 2.48. The number of nitrogens with zero attached hydrogens (tertiary/aromatic N) is 2. The van der Waals surface area contributed by atoms with E-state index in [0.29, 0.717) is 0 Å². The summed E-state index contributed by atoms with van der Waals surface area (Å²) in [7, 11) is 0. The fourth-order valence-corrected chi connectivity index (χ4v) is 9.54. The van der Waals surface area contributed by atoms with Crippen LogP contribution < -0.4 is 4.90 Å². The summed E-state index contributed by atoms with van der Waals surface area (Å²) in [6.45, 7) is 0. The Bertz CT molecular complexity index is 3580. The highest BCUT2D eigenvalue weighted by molar-refractivity contribution is 6.27. The van der Waals surface area contributed by atoms with Crippen LogP contribution in [-0.2, 0) is 0 Å². The summed E-state index contributed by atoms with van der Waals surface area (Å²) in [5, 5.41) is 12.3. The van der Waals surface area contributed by atoms with E-state index in [-0.39, 0.29) is 0 Å². The zero-order valence-electron chi connectivity index (χ0n) is 32.8. The number of anilines is 3. The molecule has 0 fully saturated rings. The van der Waals surface area contributed by atoms with Crippen molar-refractivity contribution < 1.29 is 0 Å². The van der Waals surface area contributed by atoms with Gasteiger partial charge in [0.05, 0.1) is 11.0 Å². The van der Waals surface area contributed by atoms with Gasteiger partial charge in [0.25, 0.3) is 0 Å². The maximum Gasteiger partial charge on any atom is 0.0625 e. The molecule has 0 unspecified atom stereocenters. The molecule has 0 aliphatic carbocycles. The highest BCUT2D eigenvalue weighted by Gasteiger charge is 2.23. The van der Waals surface area contributed by atoms with Crippen LogP contribution in [0.15, 0.2) is 231 Å². The summed E-state index contributed by atoms with van der Waals surface area (Å²) >= 11 is 0. The van der Waals surface area contributed by atoms with Crippen LogP contribution in [0.2, 0.25) is 0 Å². The first kappa shape index (κ1) is 34.1. The highest BCUT2D eigenvalue weighted by atomic mass is 15.1. The summed E-state index contributed by atoms with van der Waals surface area (Å²) in [5.74, 6) is 0. The van der Waals surface area contributed by atoms with E-state index in [9.17, 15) is 0 Å². The number of rotatable bonds is 6. The van der Waals surface area contributed by atoms with Gasteiger partial charge in [0.2, 0.25) is 0 Å². The van der Waals surface area contributed by atoms with Gasteiger partial charge in [0.15, 0.2) is 0 Å². The largest absolute Gasteiger partial charge is 0.310 e. The Morgan fingerprint density at radius 2 is 0.833 bits per heavy atom. The molecule has 0 bridgehead atoms. The molecular formula is C58H38N2. The molecule has 12 rings (SSSR count). The molecule has 2 nitrogen and oxygen atoms in total. The Hall–Kier alpha value is -7.94. The van der Waals surface area contributed by atoms with Crippen molar-refractivity contribution in [1.29, 1.82) is 0 Å². The lowest BCUT2D eigenvalue weighted by Gasteiger charge is -2.26. The minimum Gasteiger partial charge on any atom is -0.310 e. The van der Waals surface area contributed by atoms with E-state index in [1.54, 1.807) is 0 Å². The topological polar surface area (TPSA) is 8.17 Å². The molecule has 0 atom stereocenters. The van der Waals surface area contributed by atoms with E-state index >= 15 is 0 Å². The molecule has 0 saturated heterocycles. The Balaban J connectivity index is 1.19. The van der Waals surface area contributed by atoms with Crippen molar-refractivity contribution in [3.8, 4) is 27.9 Å². The smallest absolute Gasteiger partial charge is 0.0625 e. The van der Waals surface area contributed by atoms with Crippen LogP contribution in [0.4, 0.5) is 17.1 Å². The summed E-state index contributed by atoms with van der Waals surface area (Å²) in [5.41, 5.74) is 11.7. The predicted molar refractivity (Wildman–Crippen MR) is 256 cm³/mol. The zero-order chi connectivity index (χ0) is 39.6. The van der Waals surface area contributed by atoms with E-state index in [0.717, 1.165) is 22.7 Å². The molecule has 2 heteroatoms. The van der Waals surface area contributed by atoms with Crippen molar-refractivity contribution in [2.24, 2.45) is 0 Å². The second kappa shape index (κ2) is 13.9. The van der Waals surface area contributed by atoms with Gasteiger partial charge in [-0.2, -0.15) is 0 Å². The maximum atomic E-state index is 2.48. The fraction of sp³-hybridized carbons (Fsp3) is 0. The standard InChI is InChI=1S/C58H38N2/c1-3-15-39(16-4-1)41-27-30-46(31-28-41)59(47-32-29-40-17-7-8-18-42(40)35-47)48-33-34-56-55(38-48)57-54(53-36-43-19-9-11-23-49(43)51-25-13-14-26-52(51)53)37-44-20-10-12-24-50(44)58(57)60(56)45-21-5-2-6-22-45/h1-38H. The normalized spacial score (nSPS) is 11.7. The lowest BCUT2D eigenvalue weighted by molar-refractivity contribution is 1.18. The number of para-hydroxylation sites is 1. The molecule has 0 aliphatic heterocycles. The first-order valence-electron chi connectivity index (χ1n) is 20.7. The van der Waals surface area contributed by atoms with E-state index < -0.39 is 0 Å². The fourth-order valence-electron chi connectivity index (χ4n) is 9.54. The van der Waals surface area contributed by atoms with E-state index in [1.165, 1.54) is 87.1 Å². The minimum absolute atomic E-state index is 1.10. The molecule has 0 saturated carbocycles. The number of hydrogen-bond acceptors (Lipinski definition) is 1. The van der Waals surface area contributed by atoms with Crippen LogP contribution in [0.1, 0.15) is 0 Å². The predicted octanol–water partition coefficient (Wildman–Crippen LogP) is 16.2. The first-order valence-corrected chi connectivity index (χ1v) is 20.7. The quantitative estimate of drug-likeness (QED) is 0.153. The van der Waals surface area contributed by atoms with E-state index in [2.05, 4.69) is 240 Å².